The van der Waals surface area contributed by atoms with E-state index in [-0.39, 0.29) is 16.9 Å². The van der Waals surface area contributed by atoms with Crippen LogP contribution in [0.3, 0.4) is 0 Å². The first kappa shape index (κ1) is 19.4. The van der Waals surface area contributed by atoms with Gasteiger partial charge in [0.15, 0.2) is 4.90 Å². The highest BCUT2D eigenvalue weighted by Gasteiger charge is 2.24. The first-order chi connectivity index (χ1) is 12.3. The Morgan fingerprint density at radius 3 is 2.50 bits per heavy atom. The van der Waals surface area contributed by atoms with E-state index >= 15 is 0 Å². The summed E-state index contributed by atoms with van der Waals surface area (Å²) in [4.78, 5) is 38.9. The van der Waals surface area contributed by atoms with Crippen molar-refractivity contribution in [3.63, 3.8) is 0 Å². The van der Waals surface area contributed by atoms with Gasteiger partial charge in [-0.1, -0.05) is 25.5 Å². The minimum atomic E-state index is -4.32. The fourth-order valence-corrected chi connectivity index (χ4v) is 3.67. The number of hydrogen-bond donors (Lipinski definition) is 4. The first-order valence-electron chi connectivity index (χ1n) is 7.99. The molecule has 140 valence electrons. The van der Waals surface area contributed by atoms with Gasteiger partial charge in [-0.05, 0) is 25.5 Å². The molecule has 1 aromatic heterocycles. The number of carbonyl (C=O) groups excluding carboxylic acids is 1. The lowest BCUT2D eigenvalue weighted by atomic mass is 10.1. The van der Waals surface area contributed by atoms with Crippen molar-refractivity contribution in [2.24, 2.45) is 0 Å². The van der Waals surface area contributed by atoms with Crippen LogP contribution in [-0.4, -0.2) is 30.8 Å². The molecule has 10 heteroatoms. The molecule has 0 aliphatic heterocycles. The molecule has 1 amide bonds. The molecule has 2 rings (SSSR count). The van der Waals surface area contributed by atoms with Gasteiger partial charge in [0.25, 0.3) is 21.5 Å². The molecular weight excluding hydrogens is 360 g/mol. The number of carbonyl (C=O) groups is 1. The molecule has 0 unspecified atom stereocenters. The summed E-state index contributed by atoms with van der Waals surface area (Å²) in [6.45, 7) is 3.75. The van der Waals surface area contributed by atoms with E-state index in [0.717, 1.165) is 12.8 Å². The Balaban J connectivity index is 2.38. The number of benzene rings is 1. The monoisotopic (exact) mass is 380 g/mol. The number of amides is 1. The lowest BCUT2D eigenvalue weighted by Crippen LogP contribution is -2.32. The number of rotatable bonds is 7. The van der Waals surface area contributed by atoms with Crippen LogP contribution in [0.5, 0.6) is 0 Å². The van der Waals surface area contributed by atoms with E-state index in [9.17, 15) is 22.8 Å². The van der Waals surface area contributed by atoms with Gasteiger partial charge in [0.1, 0.15) is 0 Å². The maximum absolute atomic E-state index is 12.6. The van der Waals surface area contributed by atoms with Crippen LogP contribution in [0.25, 0.3) is 0 Å². The second-order valence-electron chi connectivity index (χ2n) is 5.62. The van der Waals surface area contributed by atoms with Crippen molar-refractivity contribution in [3.05, 3.63) is 56.4 Å². The molecule has 0 saturated heterocycles. The fourth-order valence-electron chi connectivity index (χ4n) is 2.35. The summed E-state index contributed by atoms with van der Waals surface area (Å²) in [7, 11) is -4.32. The number of anilines is 1. The second-order valence-corrected chi connectivity index (χ2v) is 7.24. The molecule has 0 spiro atoms. The predicted molar refractivity (Wildman–Crippen MR) is 96.9 cm³/mol. The molecule has 1 aromatic carbocycles. The molecule has 0 bridgehead atoms. The Bertz CT molecular complexity index is 1020. The van der Waals surface area contributed by atoms with E-state index in [1.54, 1.807) is 12.1 Å². The SMILES string of the molecule is CCCCNC(=O)c1ccccc1NS(=O)(=O)c1c(C)[nH]c(=O)[nH]c1=O. The van der Waals surface area contributed by atoms with Crippen molar-refractivity contribution in [1.29, 1.82) is 0 Å². The quantitative estimate of drug-likeness (QED) is 0.523. The molecule has 0 aliphatic rings. The van der Waals surface area contributed by atoms with Crippen LogP contribution < -0.4 is 21.3 Å². The third kappa shape index (κ3) is 4.39. The van der Waals surface area contributed by atoms with Gasteiger partial charge in [-0.2, -0.15) is 0 Å². The molecule has 0 aliphatic carbocycles. The van der Waals surface area contributed by atoms with Gasteiger partial charge < -0.3 is 10.3 Å². The van der Waals surface area contributed by atoms with Crippen LogP contribution in [0.2, 0.25) is 0 Å². The van der Waals surface area contributed by atoms with Crippen LogP contribution in [-0.2, 0) is 10.0 Å². The van der Waals surface area contributed by atoms with Crippen molar-refractivity contribution < 1.29 is 13.2 Å². The zero-order chi connectivity index (χ0) is 19.3. The molecule has 2 aromatic rings. The first-order valence-corrected chi connectivity index (χ1v) is 9.48. The summed E-state index contributed by atoms with van der Waals surface area (Å²) in [6, 6.07) is 6.06. The fraction of sp³-hybridized carbons (Fsp3) is 0.312. The third-order valence-corrected chi connectivity index (χ3v) is 5.09. The minimum absolute atomic E-state index is 0.0338. The van der Waals surface area contributed by atoms with Gasteiger partial charge in [0.2, 0.25) is 0 Å². The van der Waals surface area contributed by atoms with Crippen molar-refractivity contribution in [1.82, 2.24) is 15.3 Å². The molecule has 0 fully saturated rings. The topological polar surface area (TPSA) is 141 Å². The Morgan fingerprint density at radius 2 is 1.85 bits per heavy atom. The van der Waals surface area contributed by atoms with Crippen LogP contribution in [0.1, 0.15) is 35.8 Å². The number of sulfonamides is 1. The Labute approximate surface area is 149 Å². The van der Waals surface area contributed by atoms with Crippen LogP contribution >= 0.6 is 0 Å². The maximum Gasteiger partial charge on any atom is 0.325 e. The number of H-pyrrole nitrogens is 2. The van der Waals surface area contributed by atoms with Crippen molar-refractivity contribution in [2.45, 2.75) is 31.6 Å². The van der Waals surface area contributed by atoms with Gasteiger partial charge >= 0.3 is 5.69 Å². The number of nitrogens with one attached hydrogen (secondary N) is 4. The normalized spacial score (nSPS) is 11.2. The highest BCUT2D eigenvalue weighted by atomic mass is 32.2. The predicted octanol–water partition coefficient (Wildman–Crippen LogP) is 0.702. The lowest BCUT2D eigenvalue weighted by Gasteiger charge is -2.13. The van der Waals surface area contributed by atoms with Crippen LogP contribution in [0.15, 0.2) is 38.8 Å². The third-order valence-electron chi connectivity index (χ3n) is 3.58. The number of unbranched alkanes of at least 4 members (excludes halogenated alkanes) is 1. The van der Waals surface area contributed by atoms with Gasteiger partial charge in [-0.3, -0.25) is 19.3 Å². The second kappa shape index (κ2) is 8.00. The summed E-state index contributed by atoms with van der Waals surface area (Å²) < 4.78 is 27.5. The average Bonchev–Trinajstić information content (AvgIpc) is 2.53. The lowest BCUT2D eigenvalue weighted by molar-refractivity contribution is 0.0954. The highest BCUT2D eigenvalue weighted by Crippen LogP contribution is 2.19. The molecule has 0 radical (unpaired) electrons. The molecule has 1 heterocycles. The van der Waals surface area contributed by atoms with Gasteiger partial charge in [-0.25, -0.2) is 13.2 Å². The average molecular weight is 380 g/mol. The molecular formula is C16H20N4O5S. The Hall–Kier alpha value is -2.88. The standard InChI is InChI=1S/C16H20N4O5S/c1-3-4-9-17-14(21)11-7-5-6-8-12(11)20-26(24,25)13-10(2)18-16(23)19-15(13)22/h5-8,20H,3-4,9H2,1-2H3,(H,17,21)(H2,18,19,22,23). The largest absolute Gasteiger partial charge is 0.352 e. The number of para-hydroxylation sites is 1. The van der Waals surface area contributed by atoms with Gasteiger partial charge in [0, 0.05) is 12.2 Å². The molecule has 0 saturated carbocycles. The van der Waals surface area contributed by atoms with Crippen LogP contribution in [0.4, 0.5) is 5.69 Å². The summed E-state index contributed by atoms with van der Waals surface area (Å²) in [5, 5.41) is 2.71. The van der Waals surface area contributed by atoms with Gasteiger partial charge in [-0.15, -0.1) is 0 Å². The number of aromatic nitrogens is 2. The van der Waals surface area contributed by atoms with E-state index in [1.807, 2.05) is 11.9 Å². The molecule has 0 atom stereocenters. The van der Waals surface area contributed by atoms with Crippen molar-refractivity contribution in [3.8, 4) is 0 Å². The van der Waals surface area contributed by atoms with E-state index in [0.29, 0.717) is 6.54 Å². The summed E-state index contributed by atoms with van der Waals surface area (Å²) in [6.07, 6.45) is 1.70. The van der Waals surface area contributed by atoms with Gasteiger partial charge in [0.05, 0.1) is 11.3 Å². The van der Waals surface area contributed by atoms with Crippen LogP contribution in [0, 0.1) is 6.92 Å². The number of aryl methyl sites for hydroxylation is 1. The smallest absolute Gasteiger partial charge is 0.325 e. The number of hydrogen-bond acceptors (Lipinski definition) is 5. The van der Waals surface area contributed by atoms with E-state index < -0.39 is 32.1 Å². The number of aromatic amines is 2. The zero-order valence-corrected chi connectivity index (χ0v) is 15.2. The van der Waals surface area contributed by atoms with Crippen molar-refractivity contribution in [2.75, 3.05) is 11.3 Å². The highest BCUT2D eigenvalue weighted by molar-refractivity contribution is 7.92. The summed E-state index contributed by atoms with van der Waals surface area (Å²) in [5.41, 5.74) is -1.78. The van der Waals surface area contributed by atoms with E-state index in [2.05, 4.69) is 15.0 Å². The summed E-state index contributed by atoms with van der Waals surface area (Å²) >= 11 is 0. The summed E-state index contributed by atoms with van der Waals surface area (Å²) in [5.74, 6) is -0.427. The van der Waals surface area contributed by atoms with Crippen molar-refractivity contribution >= 4 is 21.6 Å². The van der Waals surface area contributed by atoms with E-state index in [4.69, 9.17) is 0 Å². The van der Waals surface area contributed by atoms with E-state index in [1.165, 1.54) is 19.1 Å². The maximum atomic E-state index is 12.6. The Morgan fingerprint density at radius 1 is 1.15 bits per heavy atom. The molecule has 4 N–H and O–H groups in total. The Kier molecular flexibility index (Phi) is 5.98. The molecule has 26 heavy (non-hydrogen) atoms. The minimum Gasteiger partial charge on any atom is -0.352 e. The molecule has 9 nitrogen and oxygen atoms in total. The zero-order valence-electron chi connectivity index (χ0n) is 14.4.